The summed E-state index contributed by atoms with van der Waals surface area (Å²) in [5.74, 6) is 0.968. The van der Waals surface area contributed by atoms with E-state index in [0.717, 1.165) is 18.7 Å². The molecule has 116 valence electrons. The molecule has 0 saturated heterocycles. The Bertz CT molecular complexity index is 613. The molecular formula is C18H28N2O. The van der Waals surface area contributed by atoms with Gasteiger partial charge in [0.25, 0.3) is 0 Å². The van der Waals surface area contributed by atoms with Gasteiger partial charge in [0, 0.05) is 29.2 Å². The van der Waals surface area contributed by atoms with Crippen LogP contribution in [-0.4, -0.2) is 17.7 Å². The Morgan fingerprint density at radius 1 is 1.24 bits per heavy atom. The second-order valence-electron chi connectivity index (χ2n) is 6.07. The average Bonchev–Trinajstić information content (AvgIpc) is 2.72. The molecule has 1 aromatic heterocycles. The molecule has 0 bridgehead atoms. The van der Waals surface area contributed by atoms with E-state index in [4.69, 9.17) is 4.74 Å². The molecule has 0 saturated carbocycles. The molecule has 1 heterocycles. The van der Waals surface area contributed by atoms with Gasteiger partial charge in [0.1, 0.15) is 5.75 Å². The molecular weight excluding hydrogens is 260 g/mol. The zero-order chi connectivity index (χ0) is 15.6. The Morgan fingerprint density at radius 3 is 2.52 bits per heavy atom. The summed E-state index contributed by atoms with van der Waals surface area (Å²) < 4.78 is 8.40. The van der Waals surface area contributed by atoms with Gasteiger partial charge in [0.15, 0.2) is 0 Å². The summed E-state index contributed by atoms with van der Waals surface area (Å²) in [5.41, 5.74) is 4.01. The van der Waals surface area contributed by atoms with E-state index < -0.39 is 0 Å². The third-order valence-corrected chi connectivity index (χ3v) is 4.13. The number of fused-ring (bicyclic) bond motifs is 1. The van der Waals surface area contributed by atoms with Crippen LogP contribution < -0.4 is 10.1 Å². The number of nitrogens with zero attached hydrogens (tertiary/aromatic N) is 1. The van der Waals surface area contributed by atoms with E-state index in [0.29, 0.717) is 6.04 Å². The van der Waals surface area contributed by atoms with Crippen molar-refractivity contribution in [3.05, 3.63) is 29.5 Å². The SMILES string of the molecule is CCC(C)Oc1ccc2c(c1)c(CNC)c(C)n2C(C)C. The predicted molar refractivity (Wildman–Crippen MR) is 90.2 cm³/mol. The molecule has 2 rings (SSSR count). The summed E-state index contributed by atoms with van der Waals surface area (Å²) in [6, 6.07) is 6.94. The van der Waals surface area contributed by atoms with Crippen LogP contribution in [0, 0.1) is 6.92 Å². The van der Waals surface area contributed by atoms with Gasteiger partial charge in [0.2, 0.25) is 0 Å². The highest BCUT2D eigenvalue weighted by Gasteiger charge is 2.16. The maximum Gasteiger partial charge on any atom is 0.120 e. The summed E-state index contributed by atoms with van der Waals surface area (Å²) in [5, 5.41) is 4.59. The van der Waals surface area contributed by atoms with Gasteiger partial charge >= 0.3 is 0 Å². The Morgan fingerprint density at radius 2 is 1.95 bits per heavy atom. The van der Waals surface area contributed by atoms with Crippen LogP contribution in [0.2, 0.25) is 0 Å². The molecule has 1 N–H and O–H groups in total. The fourth-order valence-electron chi connectivity index (χ4n) is 2.94. The highest BCUT2D eigenvalue weighted by atomic mass is 16.5. The van der Waals surface area contributed by atoms with Crippen molar-refractivity contribution in [3.63, 3.8) is 0 Å². The van der Waals surface area contributed by atoms with Crippen molar-refractivity contribution in [2.75, 3.05) is 7.05 Å². The highest BCUT2D eigenvalue weighted by Crippen LogP contribution is 2.32. The minimum Gasteiger partial charge on any atom is -0.491 e. The van der Waals surface area contributed by atoms with E-state index in [2.05, 4.69) is 62.7 Å². The number of ether oxygens (including phenoxy) is 1. The maximum absolute atomic E-state index is 5.98. The van der Waals surface area contributed by atoms with Gasteiger partial charge in [-0.25, -0.2) is 0 Å². The number of nitrogens with one attached hydrogen (secondary N) is 1. The fourth-order valence-corrected chi connectivity index (χ4v) is 2.94. The molecule has 1 atom stereocenters. The lowest BCUT2D eigenvalue weighted by Gasteiger charge is -2.14. The Kier molecular flexibility index (Phi) is 4.94. The second-order valence-corrected chi connectivity index (χ2v) is 6.07. The lowest BCUT2D eigenvalue weighted by molar-refractivity contribution is 0.217. The van der Waals surface area contributed by atoms with Crippen molar-refractivity contribution >= 4 is 10.9 Å². The fraction of sp³-hybridized carbons (Fsp3) is 0.556. The number of hydrogen-bond donors (Lipinski definition) is 1. The molecule has 21 heavy (non-hydrogen) atoms. The quantitative estimate of drug-likeness (QED) is 0.851. The van der Waals surface area contributed by atoms with E-state index in [9.17, 15) is 0 Å². The van der Waals surface area contributed by atoms with Gasteiger partial charge in [-0.2, -0.15) is 0 Å². The molecule has 3 heteroatoms. The number of rotatable bonds is 6. The monoisotopic (exact) mass is 288 g/mol. The molecule has 0 spiro atoms. The summed E-state index contributed by atoms with van der Waals surface area (Å²) in [6.07, 6.45) is 1.27. The third kappa shape index (κ3) is 3.08. The highest BCUT2D eigenvalue weighted by molar-refractivity contribution is 5.87. The van der Waals surface area contributed by atoms with E-state index in [1.165, 1.54) is 22.2 Å². The maximum atomic E-state index is 5.98. The van der Waals surface area contributed by atoms with Crippen LogP contribution in [0.25, 0.3) is 10.9 Å². The van der Waals surface area contributed by atoms with Gasteiger partial charge in [-0.05, 0) is 64.9 Å². The molecule has 0 radical (unpaired) electrons. The molecule has 1 unspecified atom stereocenters. The van der Waals surface area contributed by atoms with Crippen LogP contribution >= 0.6 is 0 Å². The lowest BCUT2D eigenvalue weighted by atomic mass is 10.1. The predicted octanol–water partition coefficient (Wildman–Crippen LogP) is 4.43. The third-order valence-electron chi connectivity index (χ3n) is 4.13. The topological polar surface area (TPSA) is 26.2 Å². The van der Waals surface area contributed by atoms with Gasteiger partial charge in [-0.1, -0.05) is 6.92 Å². The molecule has 0 aliphatic carbocycles. The van der Waals surface area contributed by atoms with Crippen molar-refractivity contribution in [1.29, 1.82) is 0 Å². The Balaban J connectivity index is 2.56. The van der Waals surface area contributed by atoms with Crippen molar-refractivity contribution < 1.29 is 4.74 Å². The Labute approximate surface area is 128 Å². The first-order chi connectivity index (χ1) is 9.99. The summed E-state index contributed by atoms with van der Waals surface area (Å²) >= 11 is 0. The average molecular weight is 288 g/mol. The van der Waals surface area contributed by atoms with Crippen molar-refractivity contribution in [3.8, 4) is 5.75 Å². The molecule has 0 fully saturated rings. The van der Waals surface area contributed by atoms with Crippen LogP contribution in [-0.2, 0) is 6.54 Å². The number of benzene rings is 1. The minimum absolute atomic E-state index is 0.253. The molecule has 0 amide bonds. The molecule has 2 aromatic rings. The van der Waals surface area contributed by atoms with Gasteiger partial charge < -0.3 is 14.6 Å². The number of hydrogen-bond acceptors (Lipinski definition) is 2. The zero-order valence-electron chi connectivity index (χ0n) is 14.2. The standard InChI is InChI=1S/C18H28N2O/c1-7-13(4)21-15-8-9-18-16(10-15)17(11-19-6)14(5)20(18)12(2)3/h8-10,12-13,19H,7,11H2,1-6H3. The van der Waals surface area contributed by atoms with E-state index >= 15 is 0 Å². The van der Waals surface area contributed by atoms with Crippen LogP contribution in [0.4, 0.5) is 0 Å². The van der Waals surface area contributed by atoms with Crippen molar-refractivity contribution in [1.82, 2.24) is 9.88 Å². The lowest BCUT2D eigenvalue weighted by Crippen LogP contribution is -2.09. The van der Waals surface area contributed by atoms with E-state index in [1.807, 2.05) is 7.05 Å². The molecule has 0 aliphatic rings. The molecule has 3 nitrogen and oxygen atoms in total. The van der Waals surface area contributed by atoms with Gasteiger partial charge in [-0.15, -0.1) is 0 Å². The van der Waals surface area contributed by atoms with Crippen LogP contribution in [0.1, 0.15) is 51.4 Å². The van der Waals surface area contributed by atoms with Gasteiger partial charge in [-0.3, -0.25) is 0 Å². The number of aromatic nitrogens is 1. The largest absolute Gasteiger partial charge is 0.491 e. The second kappa shape index (κ2) is 6.52. The molecule has 0 aliphatic heterocycles. The first-order valence-corrected chi connectivity index (χ1v) is 7.94. The van der Waals surface area contributed by atoms with Gasteiger partial charge in [0.05, 0.1) is 6.10 Å². The minimum atomic E-state index is 0.253. The van der Waals surface area contributed by atoms with Crippen LogP contribution in [0.15, 0.2) is 18.2 Å². The summed E-state index contributed by atoms with van der Waals surface area (Å²) in [4.78, 5) is 0. The van der Waals surface area contributed by atoms with E-state index in [-0.39, 0.29) is 6.10 Å². The van der Waals surface area contributed by atoms with E-state index in [1.54, 1.807) is 0 Å². The summed E-state index contributed by atoms with van der Waals surface area (Å²) in [7, 11) is 2.00. The Hall–Kier alpha value is -1.48. The normalized spacial score (nSPS) is 13.1. The van der Waals surface area contributed by atoms with Crippen molar-refractivity contribution in [2.45, 2.75) is 59.7 Å². The molecule has 1 aromatic carbocycles. The van der Waals surface area contributed by atoms with Crippen molar-refractivity contribution in [2.24, 2.45) is 0 Å². The zero-order valence-corrected chi connectivity index (χ0v) is 14.2. The summed E-state index contributed by atoms with van der Waals surface area (Å²) in [6.45, 7) is 11.8. The van der Waals surface area contributed by atoms with Crippen LogP contribution in [0.3, 0.4) is 0 Å². The smallest absolute Gasteiger partial charge is 0.120 e. The first-order valence-electron chi connectivity index (χ1n) is 7.94. The van der Waals surface area contributed by atoms with Crippen LogP contribution in [0.5, 0.6) is 5.75 Å². The first kappa shape index (κ1) is 15.9.